The first-order valence-corrected chi connectivity index (χ1v) is 21.1. The molecule has 0 fully saturated rings. The quantitative estimate of drug-likeness (QED) is 0.105. The minimum absolute atomic E-state index is 0. The SMILES string of the molecule is CC(C)(c1cccc(-c2[c-]c[c]([Ge]([CH3])([CH3])[CH3])cc2)n1)c1ccc2c(n1)c1[c-]cccc1c1nc3ccccc3n21.[Pt+2]. The van der Waals surface area contributed by atoms with Gasteiger partial charge < -0.3 is 4.40 Å². The summed E-state index contributed by atoms with van der Waals surface area (Å²) in [6, 6.07) is 38.5. The predicted molar refractivity (Wildman–Crippen MR) is 168 cm³/mol. The van der Waals surface area contributed by atoms with Gasteiger partial charge in [-0.25, -0.2) is 4.98 Å². The zero-order valence-corrected chi connectivity index (χ0v) is 28.1. The van der Waals surface area contributed by atoms with Crippen LogP contribution in [0.5, 0.6) is 0 Å². The van der Waals surface area contributed by atoms with Crippen LogP contribution < -0.4 is 4.40 Å². The first-order chi connectivity index (χ1) is 19.2. The molecule has 0 aliphatic carbocycles. The smallest absolute Gasteiger partial charge is 0.307 e. The van der Waals surface area contributed by atoms with E-state index in [0.29, 0.717) is 0 Å². The second kappa shape index (κ2) is 10.2. The van der Waals surface area contributed by atoms with Crippen LogP contribution >= 0.6 is 0 Å². The molecule has 0 amide bonds. The van der Waals surface area contributed by atoms with Crippen LogP contribution in [0.25, 0.3) is 49.7 Å². The van der Waals surface area contributed by atoms with Crippen molar-refractivity contribution in [3.05, 3.63) is 115 Å². The summed E-state index contributed by atoms with van der Waals surface area (Å²) in [6.07, 6.45) is 0. The van der Waals surface area contributed by atoms with Crippen LogP contribution in [0.4, 0.5) is 0 Å². The number of rotatable bonds is 4. The molecule has 4 nitrogen and oxygen atoms in total. The molecule has 0 radical (unpaired) electrons. The molecule has 6 heteroatoms. The van der Waals surface area contributed by atoms with Crippen molar-refractivity contribution in [2.45, 2.75) is 36.5 Å². The van der Waals surface area contributed by atoms with E-state index >= 15 is 0 Å². The van der Waals surface area contributed by atoms with Gasteiger partial charge in [-0.05, 0) is 12.1 Å². The van der Waals surface area contributed by atoms with Gasteiger partial charge in [0.05, 0.1) is 11.0 Å². The molecule has 204 valence electrons. The molecule has 4 heterocycles. The first kappa shape index (κ1) is 27.8. The van der Waals surface area contributed by atoms with Crippen molar-refractivity contribution in [3.8, 4) is 11.3 Å². The monoisotopic (exact) mass is 775 g/mol. The van der Waals surface area contributed by atoms with E-state index in [2.05, 4.69) is 120 Å². The fourth-order valence-electron chi connectivity index (χ4n) is 5.55. The molecule has 0 atom stereocenters. The zero-order chi connectivity index (χ0) is 27.6. The van der Waals surface area contributed by atoms with Crippen LogP contribution in [0.1, 0.15) is 25.2 Å². The van der Waals surface area contributed by atoms with Crippen LogP contribution in [0.15, 0.2) is 91.0 Å². The summed E-state index contributed by atoms with van der Waals surface area (Å²) in [4.78, 5) is 15.4. The summed E-state index contributed by atoms with van der Waals surface area (Å²) in [5.74, 6) is 7.21. The molecule has 3 aromatic carbocycles. The molecule has 0 bridgehead atoms. The minimum atomic E-state index is -1.89. The van der Waals surface area contributed by atoms with Gasteiger partial charge in [0.1, 0.15) is 5.65 Å². The van der Waals surface area contributed by atoms with Gasteiger partial charge in [-0.2, -0.15) is 0 Å². The van der Waals surface area contributed by atoms with Crippen molar-refractivity contribution < 1.29 is 21.1 Å². The standard InChI is InChI=1S/C35H30GeN4.Pt/c1-35(2,31-16-10-14-27(37-31)23-17-19-24(20-18-23)36(3,4)5)32-22-21-30-33(39-32)25-11-6-7-12-26(25)34-38-28-13-8-9-15-29(28)40(30)34;/h6-10,12-17,19-22H,1-5H3;/q-2;+2. The zero-order valence-electron chi connectivity index (χ0n) is 23.8. The minimum Gasteiger partial charge on any atom is -0.307 e. The predicted octanol–water partition coefficient (Wildman–Crippen LogP) is 7.72. The van der Waals surface area contributed by atoms with Gasteiger partial charge in [-0.15, -0.1) is 24.3 Å². The Labute approximate surface area is 257 Å². The Balaban J connectivity index is 0.00000302. The van der Waals surface area contributed by atoms with Crippen LogP contribution in [0.2, 0.25) is 17.3 Å². The third-order valence-electron chi connectivity index (χ3n) is 7.99. The molecule has 0 aliphatic rings. The second-order valence-corrected chi connectivity index (χ2v) is 22.7. The number of nitrogens with zero attached hydrogens (tertiary/aromatic N) is 4. The fourth-order valence-corrected chi connectivity index (χ4v) is 7.83. The third kappa shape index (κ3) is 4.62. The Bertz CT molecular complexity index is 2070. The third-order valence-corrected chi connectivity index (χ3v) is 12.3. The van der Waals surface area contributed by atoms with E-state index in [0.717, 1.165) is 61.1 Å². The van der Waals surface area contributed by atoms with Gasteiger partial charge in [-0.1, -0.05) is 17.5 Å². The Morgan fingerprint density at radius 1 is 0.732 bits per heavy atom. The average molecular weight is 774 g/mol. The van der Waals surface area contributed by atoms with E-state index in [9.17, 15) is 0 Å². The van der Waals surface area contributed by atoms with Gasteiger partial charge in [0.25, 0.3) is 0 Å². The molecule has 7 rings (SSSR count). The molecule has 0 saturated carbocycles. The van der Waals surface area contributed by atoms with E-state index in [1.54, 1.807) is 0 Å². The summed E-state index contributed by atoms with van der Waals surface area (Å²) >= 11 is -1.89. The number of aromatic nitrogens is 4. The molecule has 0 N–H and O–H groups in total. The van der Waals surface area contributed by atoms with Crippen molar-refractivity contribution >= 4 is 56.1 Å². The summed E-state index contributed by atoms with van der Waals surface area (Å²) in [6.45, 7) is 4.40. The Morgan fingerprint density at radius 2 is 1.54 bits per heavy atom. The number of imidazole rings is 1. The van der Waals surface area contributed by atoms with Gasteiger partial charge in [0.2, 0.25) is 0 Å². The number of benzene rings is 3. The van der Waals surface area contributed by atoms with E-state index in [4.69, 9.17) is 15.0 Å². The van der Waals surface area contributed by atoms with Crippen molar-refractivity contribution in [2.24, 2.45) is 0 Å². The van der Waals surface area contributed by atoms with E-state index in [1.165, 1.54) is 4.40 Å². The Kier molecular flexibility index (Phi) is 6.91. The molecular weight excluding hydrogens is 744 g/mol. The topological polar surface area (TPSA) is 43.1 Å². The molecule has 0 saturated heterocycles. The van der Waals surface area contributed by atoms with Crippen molar-refractivity contribution in [2.75, 3.05) is 0 Å². The number of pyridine rings is 3. The molecule has 0 aliphatic heterocycles. The second-order valence-electron chi connectivity index (χ2n) is 12.1. The molecule has 41 heavy (non-hydrogen) atoms. The molecule has 7 aromatic rings. The van der Waals surface area contributed by atoms with Crippen molar-refractivity contribution in [3.63, 3.8) is 0 Å². The van der Waals surface area contributed by atoms with E-state index in [1.807, 2.05) is 18.2 Å². The van der Waals surface area contributed by atoms with Gasteiger partial charge in [0.15, 0.2) is 0 Å². The van der Waals surface area contributed by atoms with Gasteiger partial charge in [0, 0.05) is 0 Å². The summed E-state index contributed by atoms with van der Waals surface area (Å²) < 4.78 is 3.68. The summed E-state index contributed by atoms with van der Waals surface area (Å²) in [7, 11) is 0. The van der Waals surface area contributed by atoms with E-state index < -0.39 is 18.7 Å². The van der Waals surface area contributed by atoms with Crippen LogP contribution in [0.3, 0.4) is 0 Å². The summed E-state index contributed by atoms with van der Waals surface area (Å²) in [5.41, 5.74) is 8.41. The fraction of sp³-hybridized carbons (Fsp3) is 0.171. The number of hydrogen-bond acceptors (Lipinski definition) is 3. The maximum atomic E-state index is 5.31. The molecule has 4 aromatic heterocycles. The molecule has 0 unspecified atom stereocenters. The van der Waals surface area contributed by atoms with Crippen molar-refractivity contribution in [1.29, 1.82) is 0 Å². The van der Waals surface area contributed by atoms with Crippen LogP contribution in [-0.4, -0.2) is 32.6 Å². The number of fused-ring (bicyclic) bond motifs is 8. The first-order valence-electron chi connectivity index (χ1n) is 13.7. The van der Waals surface area contributed by atoms with Crippen LogP contribution in [0, 0.1) is 12.1 Å². The Hall–Kier alpha value is -3.34. The van der Waals surface area contributed by atoms with E-state index in [-0.39, 0.29) is 21.1 Å². The van der Waals surface area contributed by atoms with Gasteiger partial charge in [-0.3, -0.25) is 0 Å². The van der Waals surface area contributed by atoms with Crippen molar-refractivity contribution in [1.82, 2.24) is 19.4 Å². The molecule has 0 spiro atoms. The summed E-state index contributed by atoms with van der Waals surface area (Å²) in [5, 5.41) is 2.03. The maximum absolute atomic E-state index is 5.31. The van der Waals surface area contributed by atoms with Crippen LogP contribution in [-0.2, 0) is 26.5 Å². The number of hydrogen-bond donors (Lipinski definition) is 0. The normalized spacial score (nSPS) is 12.3. The molecular formula is C35H30GeN4Pt. The van der Waals surface area contributed by atoms with Gasteiger partial charge >= 0.3 is 179 Å². The number of para-hydroxylation sites is 2. The average Bonchev–Trinajstić information content (AvgIpc) is 3.37. The Morgan fingerprint density at radius 3 is 2.32 bits per heavy atom.